The monoisotopic (exact) mass is 362 g/mol. The Morgan fingerprint density at radius 1 is 1.12 bits per heavy atom. The van der Waals surface area contributed by atoms with Crippen LogP contribution < -0.4 is 0 Å². The van der Waals surface area contributed by atoms with Crippen molar-refractivity contribution >= 4 is 23.2 Å². The first-order valence-corrected chi connectivity index (χ1v) is 8.50. The van der Waals surface area contributed by atoms with Crippen LogP contribution in [0.25, 0.3) is 16.9 Å². The maximum Gasteiger partial charge on any atom is 0.151 e. The Morgan fingerprint density at radius 2 is 1.88 bits per heavy atom. The van der Waals surface area contributed by atoms with Crippen molar-refractivity contribution in [1.29, 1.82) is 0 Å². The molecule has 3 rings (SSSR count). The summed E-state index contributed by atoms with van der Waals surface area (Å²) in [7, 11) is 0. The normalized spacial score (nSPS) is 11.2. The van der Waals surface area contributed by atoms with Crippen molar-refractivity contribution < 1.29 is 4.39 Å². The first-order valence-electron chi connectivity index (χ1n) is 7.74. The van der Waals surface area contributed by atoms with Gasteiger partial charge in [0.15, 0.2) is 5.82 Å². The third-order valence-electron chi connectivity index (χ3n) is 3.72. The summed E-state index contributed by atoms with van der Waals surface area (Å²) in [6.45, 7) is 4.24. The summed E-state index contributed by atoms with van der Waals surface area (Å²) in [5, 5.41) is 0.714. The van der Waals surface area contributed by atoms with Crippen LogP contribution in [-0.4, -0.2) is 9.55 Å². The second-order valence-electron chi connectivity index (χ2n) is 6.07. The summed E-state index contributed by atoms with van der Waals surface area (Å²) in [4.78, 5) is 4.52. The maximum atomic E-state index is 14.5. The van der Waals surface area contributed by atoms with Gasteiger partial charge in [-0.15, -0.1) is 0 Å². The molecule has 0 saturated carbocycles. The number of nitrogens with zero attached hydrogens (tertiary/aromatic N) is 2. The van der Waals surface area contributed by atoms with Crippen LogP contribution in [-0.2, 0) is 6.42 Å². The van der Waals surface area contributed by atoms with Crippen LogP contribution in [0.15, 0.2) is 48.7 Å². The first-order chi connectivity index (χ1) is 11.5. The van der Waals surface area contributed by atoms with Gasteiger partial charge >= 0.3 is 0 Å². The smallest absolute Gasteiger partial charge is 0.151 e. The zero-order valence-corrected chi connectivity index (χ0v) is 14.9. The Kier molecular flexibility index (Phi) is 4.93. The Hall–Kier alpha value is -1.84. The summed E-state index contributed by atoms with van der Waals surface area (Å²) in [6, 6.07) is 12.4. The largest absolute Gasteiger partial charge is 0.296 e. The molecule has 0 spiro atoms. The molecule has 1 heterocycles. The zero-order valence-electron chi connectivity index (χ0n) is 13.4. The molecule has 0 N–H and O–H groups in total. The van der Waals surface area contributed by atoms with Gasteiger partial charge in [-0.2, -0.15) is 0 Å². The second kappa shape index (κ2) is 6.96. The molecule has 1 aromatic heterocycles. The lowest BCUT2D eigenvalue weighted by Crippen LogP contribution is -2.07. The molecule has 0 fully saturated rings. The molecule has 24 heavy (non-hydrogen) atoms. The Bertz CT molecular complexity index is 872. The Balaban J connectivity index is 2.24. The van der Waals surface area contributed by atoms with Gasteiger partial charge in [-0.05, 0) is 36.2 Å². The number of imidazole rings is 1. The molecule has 0 atom stereocenters. The quantitative estimate of drug-likeness (QED) is 0.541. The Morgan fingerprint density at radius 3 is 2.58 bits per heavy atom. The summed E-state index contributed by atoms with van der Waals surface area (Å²) < 4.78 is 16.5. The number of halogens is 3. The third kappa shape index (κ3) is 3.33. The molecular formula is C19H17Cl2FN2. The number of hydrogen-bond donors (Lipinski definition) is 0. The van der Waals surface area contributed by atoms with E-state index in [0.29, 0.717) is 22.2 Å². The fourth-order valence-electron chi connectivity index (χ4n) is 2.69. The van der Waals surface area contributed by atoms with Crippen LogP contribution >= 0.6 is 23.2 Å². The lowest BCUT2D eigenvalue weighted by molar-refractivity contribution is 0.613. The van der Waals surface area contributed by atoms with Crippen molar-refractivity contribution in [2.45, 2.75) is 20.3 Å². The minimum absolute atomic E-state index is 0.0942. The van der Waals surface area contributed by atoms with Gasteiger partial charge in [0.25, 0.3) is 0 Å². The van der Waals surface area contributed by atoms with Gasteiger partial charge in [-0.3, -0.25) is 4.57 Å². The summed E-state index contributed by atoms with van der Waals surface area (Å²) in [5.41, 5.74) is 1.93. The van der Waals surface area contributed by atoms with E-state index in [1.54, 1.807) is 18.3 Å². The minimum atomic E-state index is -0.446. The van der Waals surface area contributed by atoms with Gasteiger partial charge < -0.3 is 0 Å². The van der Waals surface area contributed by atoms with Gasteiger partial charge in [0.2, 0.25) is 0 Å². The number of aromatic nitrogens is 2. The van der Waals surface area contributed by atoms with E-state index in [4.69, 9.17) is 23.2 Å². The molecule has 2 aromatic carbocycles. The van der Waals surface area contributed by atoms with E-state index in [0.717, 1.165) is 17.9 Å². The van der Waals surface area contributed by atoms with Crippen molar-refractivity contribution in [3.8, 4) is 16.9 Å². The molecule has 0 amide bonds. The molecule has 0 aliphatic carbocycles. The molecule has 0 bridgehead atoms. The number of benzene rings is 2. The average molecular weight is 363 g/mol. The molecule has 0 saturated heterocycles. The van der Waals surface area contributed by atoms with Gasteiger partial charge in [0, 0.05) is 22.7 Å². The predicted octanol–water partition coefficient (Wildman–Crippen LogP) is 6.18. The van der Waals surface area contributed by atoms with Crippen molar-refractivity contribution in [3.05, 3.63) is 70.3 Å². The van der Waals surface area contributed by atoms with Gasteiger partial charge in [-0.1, -0.05) is 49.2 Å². The van der Waals surface area contributed by atoms with Crippen molar-refractivity contribution in [2.24, 2.45) is 5.92 Å². The van der Waals surface area contributed by atoms with E-state index in [9.17, 15) is 4.39 Å². The summed E-state index contributed by atoms with van der Waals surface area (Å²) in [6.07, 6.45) is 2.46. The lowest BCUT2D eigenvalue weighted by Gasteiger charge is -2.14. The van der Waals surface area contributed by atoms with E-state index in [2.05, 4.69) is 18.8 Å². The third-order valence-corrected chi connectivity index (χ3v) is 4.25. The number of hydrogen-bond acceptors (Lipinski definition) is 1. The summed E-state index contributed by atoms with van der Waals surface area (Å²) >= 11 is 12.1. The highest BCUT2D eigenvalue weighted by Crippen LogP contribution is 2.31. The van der Waals surface area contributed by atoms with Gasteiger partial charge in [0.05, 0.1) is 16.9 Å². The number of rotatable bonds is 4. The van der Waals surface area contributed by atoms with Crippen LogP contribution in [0.1, 0.15) is 19.7 Å². The van der Waals surface area contributed by atoms with E-state index in [1.807, 2.05) is 28.8 Å². The summed E-state index contributed by atoms with van der Waals surface area (Å²) in [5.74, 6) is 0.836. The highest BCUT2D eigenvalue weighted by molar-refractivity contribution is 6.31. The molecule has 0 aliphatic heterocycles. The second-order valence-corrected chi connectivity index (χ2v) is 6.92. The topological polar surface area (TPSA) is 17.8 Å². The van der Waals surface area contributed by atoms with E-state index < -0.39 is 5.82 Å². The maximum absolute atomic E-state index is 14.5. The Labute approximate surface area is 150 Å². The van der Waals surface area contributed by atoms with Crippen molar-refractivity contribution in [2.75, 3.05) is 0 Å². The first kappa shape index (κ1) is 17.0. The molecule has 0 aliphatic rings. The fourth-order valence-corrected chi connectivity index (χ4v) is 3.05. The van der Waals surface area contributed by atoms with Gasteiger partial charge in [0.1, 0.15) is 5.82 Å². The molecular weight excluding hydrogens is 346 g/mol. The van der Waals surface area contributed by atoms with Crippen LogP contribution in [0.3, 0.4) is 0 Å². The molecule has 5 heteroatoms. The van der Waals surface area contributed by atoms with Crippen LogP contribution in [0.5, 0.6) is 0 Å². The minimum Gasteiger partial charge on any atom is -0.296 e. The molecule has 124 valence electrons. The fraction of sp³-hybridized carbons (Fsp3) is 0.211. The molecule has 3 aromatic rings. The van der Waals surface area contributed by atoms with Crippen LogP contribution in [0, 0.1) is 11.7 Å². The zero-order chi connectivity index (χ0) is 17.3. The van der Waals surface area contributed by atoms with E-state index >= 15 is 0 Å². The van der Waals surface area contributed by atoms with E-state index in [1.165, 1.54) is 6.07 Å². The standard InChI is InChI=1S/C19H17Cl2FN2/c1-12(2)9-18-23-11-17(15-7-4-8-16(21)19(15)22)24(18)14-6-3-5-13(20)10-14/h3-8,10-12H,9H2,1-2H3. The SMILES string of the molecule is CC(C)Cc1ncc(-c2cccc(Cl)c2F)n1-c1cccc(Cl)c1. The molecule has 0 radical (unpaired) electrons. The lowest BCUT2D eigenvalue weighted by atomic mass is 10.1. The van der Waals surface area contributed by atoms with E-state index in [-0.39, 0.29) is 5.02 Å². The van der Waals surface area contributed by atoms with Crippen LogP contribution in [0.2, 0.25) is 10.0 Å². The molecule has 0 unspecified atom stereocenters. The van der Waals surface area contributed by atoms with Crippen LogP contribution in [0.4, 0.5) is 4.39 Å². The highest BCUT2D eigenvalue weighted by atomic mass is 35.5. The van der Waals surface area contributed by atoms with Crippen molar-refractivity contribution in [3.63, 3.8) is 0 Å². The average Bonchev–Trinajstić information content (AvgIpc) is 2.92. The predicted molar refractivity (Wildman–Crippen MR) is 97.5 cm³/mol. The highest BCUT2D eigenvalue weighted by Gasteiger charge is 2.18. The van der Waals surface area contributed by atoms with Gasteiger partial charge in [-0.25, -0.2) is 9.37 Å². The van der Waals surface area contributed by atoms with Crippen molar-refractivity contribution in [1.82, 2.24) is 9.55 Å². The molecule has 2 nitrogen and oxygen atoms in total.